The van der Waals surface area contributed by atoms with E-state index in [2.05, 4.69) is 20.6 Å². The van der Waals surface area contributed by atoms with E-state index < -0.39 is 0 Å². The number of hydrogen-bond acceptors (Lipinski definition) is 4. The van der Waals surface area contributed by atoms with Crippen LogP contribution in [0, 0.1) is 0 Å². The van der Waals surface area contributed by atoms with Gasteiger partial charge in [-0.2, -0.15) is 0 Å². The molecule has 1 heterocycles. The molecule has 0 saturated heterocycles. The van der Waals surface area contributed by atoms with E-state index in [-0.39, 0.29) is 35.9 Å². The number of nitrogens with two attached hydrogens (primary N) is 1. The number of nitrogens with zero attached hydrogens (tertiary/aromatic N) is 2. The number of amides is 1. The van der Waals surface area contributed by atoms with E-state index in [1.165, 1.54) is 6.20 Å². The van der Waals surface area contributed by atoms with Crippen molar-refractivity contribution in [2.75, 3.05) is 26.8 Å². The van der Waals surface area contributed by atoms with Crippen LogP contribution in [-0.4, -0.2) is 49.7 Å². The fourth-order valence-electron chi connectivity index (χ4n) is 1.53. The molecule has 0 fully saturated rings. The molecule has 0 aromatic carbocycles. The molecule has 7 nitrogen and oxygen atoms in total. The van der Waals surface area contributed by atoms with Crippen LogP contribution < -0.4 is 16.4 Å². The summed E-state index contributed by atoms with van der Waals surface area (Å²) in [5.41, 5.74) is 6.22. The van der Waals surface area contributed by atoms with Crippen LogP contribution >= 0.6 is 24.0 Å². The minimum absolute atomic E-state index is 0. The number of aromatic nitrogens is 1. The molecule has 1 rings (SSSR count). The van der Waals surface area contributed by atoms with Crippen LogP contribution in [0.4, 0.5) is 0 Å². The molecule has 0 aliphatic heterocycles. The van der Waals surface area contributed by atoms with Gasteiger partial charge < -0.3 is 21.1 Å². The predicted molar refractivity (Wildman–Crippen MR) is 92.9 cm³/mol. The maximum atomic E-state index is 11.7. The lowest BCUT2D eigenvalue weighted by Crippen LogP contribution is -2.41. The summed E-state index contributed by atoms with van der Waals surface area (Å²) in [6.45, 7) is 3.31. The lowest BCUT2D eigenvalue weighted by Gasteiger charge is -2.13. The van der Waals surface area contributed by atoms with Crippen LogP contribution in [-0.2, 0) is 4.74 Å². The molecule has 4 N–H and O–H groups in total. The molecular formula is C13H22IN5O2. The zero-order valence-corrected chi connectivity index (χ0v) is 14.5. The maximum absolute atomic E-state index is 11.7. The molecule has 0 bridgehead atoms. The van der Waals surface area contributed by atoms with E-state index in [1.807, 2.05) is 6.92 Å². The van der Waals surface area contributed by atoms with E-state index in [1.54, 1.807) is 25.4 Å². The highest BCUT2D eigenvalue weighted by Crippen LogP contribution is 1.94. The van der Waals surface area contributed by atoms with E-state index in [9.17, 15) is 4.79 Å². The van der Waals surface area contributed by atoms with Crippen molar-refractivity contribution in [2.24, 2.45) is 10.7 Å². The van der Waals surface area contributed by atoms with Crippen molar-refractivity contribution in [3.05, 3.63) is 30.1 Å². The normalized spacial score (nSPS) is 12.2. The summed E-state index contributed by atoms with van der Waals surface area (Å²) in [6, 6.07) is 3.51. The van der Waals surface area contributed by atoms with Crippen molar-refractivity contribution < 1.29 is 9.53 Å². The number of halogens is 1. The van der Waals surface area contributed by atoms with E-state index in [4.69, 9.17) is 10.5 Å². The average molecular weight is 407 g/mol. The summed E-state index contributed by atoms with van der Waals surface area (Å²) in [7, 11) is 1.62. The highest BCUT2D eigenvalue weighted by molar-refractivity contribution is 14.0. The molecule has 0 aliphatic carbocycles. The number of rotatable bonds is 7. The summed E-state index contributed by atoms with van der Waals surface area (Å²) in [4.78, 5) is 19.7. The monoisotopic (exact) mass is 407 g/mol. The average Bonchev–Trinajstić information content (AvgIpc) is 2.44. The molecule has 1 unspecified atom stereocenters. The molecule has 0 radical (unpaired) electrons. The van der Waals surface area contributed by atoms with Gasteiger partial charge in [0.05, 0.1) is 18.7 Å². The van der Waals surface area contributed by atoms with Crippen molar-refractivity contribution >= 4 is 35.8 Å². The molecule has 0 saturated carbocycles. The zero-order valence-electron chi connectivity index (χ0n) is 12.2. The van der Waals surface area contributed by atoms with Gasteiger partial charge in [-0.3, -0.25) is 14.8 Å². The number of nitrogens with one attached hydrogen (secondary N) is 2. The third kappa shape index (κ3) is 8.45. The number of guanidine groups is 1. The minimum atomic E-state index is -0.174. The second-order valence-corrected chi connectivity index (χ2v) is 4.27. The number of aliphatic imine (C=N–C) groups is 1. The van der Waals surface area contributed by atoms with Gasteiger partial charge in [0, 0.05) is 32.1 Å². The van der Waals surface area contributed by atoms with Gasteiger partial charge >= 0.3 is 0 Å². The Balaban J connectivity index is 0.00000400. The number of hydrogen-bond donors (Lipinski definition) is 3. The summed E-state index contributed by atoms with van der Waals surface area (Å²) < 4.78 is 4.97. The molecule has 0 aliphatic rings. The van der Waals surface area contributed by atoms with Gasteiger partial charge in [0.1, 0.15) is 0 Å². The third-order valence-corrected chi connectivity index (χ3v) is 2.41. The quantitative estimate of drug-likeness (QED) is 0.262. The molecule has 1 atom stereocenters. The number of carbonyl (C=O) groups is 1. The Morgan fingerprint density at radius 1 is 1.57 bits per heavy atom. The van der Waals surface area contributed by atoms with Gasteiger partial charge in [-0.05, 0) is 19.1 Å². The maximum Gasteiger partial charge on any atom is 0.252 e. The summed E-state index contributed by atoms with van der Waals surface area (Å²) >= 11 is 0. The smallest absolute Gasteiger partial charge is 0.252 e. The fraction of sp³-hybridized carbons (Fsp3) is 0.462. The van der Waals surface area contributed by atoms with Gasteiger partial charge in [0.25, 0.3) is 5.91 Å². The van der Waals surface area contributed by atoms with Crippen molar-refractivity contribution in [3.63, 3.8) is 0 Å². The summed E-state index contributed by atoms with van der Waals surface area (Å²) in [5.74, 6) is 0.165. The van der Waals surface area contributed by atoms with Gasteiger partial charge in [0.2, 0.25) is 0 Å². The van der Waals surface area contributed by atoms with Gasteiger partial charge in [-0.1, -0.05) is 0 Å². The Labute approximate surface area is 141 Å². The van der Waals surface area contributed by atoms with Gasteiger partial charge in [0.15, 0.2) is 5.96 Å². The molecule has 1 amide bonds. The Bertz CT molecular complexity index is 441. The number of ether oxygens (including phenoxy) is 1. The number of pyridine rings is 1. The van der Waals surface area contributed by atoms with Crippen molar-refractivity contribution in [3.8, 4) is 0 Å². The fourth-order valence-corrected chi connectivity index (χ4v) is 1.53. The van der Waals surface area contributed by atoms with E-state index in [0.29, 0.717) is 31.2 Å². The minimum Gasteiger partial charge on any atom is -0.383 e. The Hall–Kier alpha value is -1.42. The highest BCUT2D eigenvalue weighted by atomic mass is 127. The first-order valence-electron chi connectivity index (χ1n) is 6.37. The van der Waals surface area contributed by atoms with Crippen molar-refractivity contribution in [1.29, 1.82) is 0 Å². The first-order chi connectivity index (χ1) is 9.63. The van der Waals surface area contributed by atoms with Crippen LogP contribution in [0.2, 0.25) is 0 Å². The largest absolute Gasteiger partial charge is 0.383 e. The molecule has 1 aromatic heterocycles. The van der Waals surface area contributed by atoms with E-state index in [0.717, 1.165) is 0 Å². The SMILES string of the molecule is COCC(C)NC(N)=NCCNC(=O)c1cccnc1.I. The van der Waals surface area contributed by atoms with Crippen molar-refractivity contribution in [1.82, 2.24) is 15.6 Å². The second-order valence-electron chi connectivity index (χ2n) is 4.27. The third-order valence-electron chi connectivity index (χ3n) is 2.41. The standard InChI is InChI=1S/C13H21N5O2.HI/c1-10(9-20-2)18-13(14)17-7-6-16-12(19)11-4-3-5-15-8-11;/h3-5,8,10H,6-7,9H2,1-2H3,(H,16,19)(H3,14,17,18);1H. The predicted octanol–water partition coefficient (Wildman–Crippen LogP) is 0.369. The lowest BCUT2D eigenvalue weighted by atomic mass is 10.3. The van der Waals surface area contributed by atoms with Crippen LogP contribution in [0.5, 0.6) is 0 Å². The summed E-state index contributed by atoms with van der Waals surface area (Å²) in [5, 5.41) is 5.72. The molecule has 0 spiro atoms. The Kier molecular flexibility index (Phi) is 10.5. The Morgan fingerprint density at radius 2 is 2.33 bits per heavy atom. The lowest BCUT2D eigenvalue weighted by molar-refractivity contribution is 0.0954. The number of carbonyl (C=O) groups excluding carboxylic acids is 1. The molecule has 8 heteroatoms. The second kappa shape index (κ2) is 11.3. The zero-order chi connectivity index (χ0) is 14.8. The van der Waals surface area contributed by atoms with E-state index >= 15 is 0 Å². The topological polar surface area (TPSA) is 102 Å². The van der Waals surface area contributed by atoms with Crippen LogP contribution in [0.1, 0.15) is 17.3 Å². The van der Waals surface area contributed by atoms with Crippen LogP contribution in [0.25, 0.3) is 0 Å². The van der Waals surface area contributed by atoms with Gasteiger partial charge in [-0.15, -0.1) is 24.0 Å². The highest BCUT2D eigenvalue weighted by Gasteiger charge is 2.04. The molecular weight excluding hydrogens is 385 g/mol. The van der Waals surface area contributed by atoms with Crippen LogP contribution in [0.3, 0.4) is 0 Å². The van der Waals surface area contributed by atoms with Crippen molar-refractivity contribution in [2.45, 2.75) is 13.0 Å². The van der Waals surface area contributed by atoms with Crippen LogP contribution in [0.15, 0.2) is 29.5 Å². The molecule has 118 valence electrons. The first-order valence-corrected chi connectivity index (χ1v) is 6.37. The molecule has 1 aromatic rings. The molecule has 21 heavy (non-hydrogen) atoms. The van der Waals surface area contributed by atoms with Gasteiger partial charge in [-0.25, -0.2) is 0 Å². The number of methoxy groups -OCH3 is 1. The summed E-state index contributed by atoms with van der Waals surface area (Å²) in [6.07, 6.45) is 3.13. The Morgan fingerprint density at radius 3 is 2.95 bits per heavy atom. The first kappa shape index (κ1) is 19.6.